The van der Waals surface area contributed by atoms with Crippen LogP contribution in [0.4, 0.5) is 11.5 Å². The Kier molecular flexibility index (Phi) is 5.67. The summed E-state index contributed by atoms with van der Waals surface area (Å²) in [6.07, 6.45) is 1.42. The Morgan fingerprint density at radius 3 is 2.34 bits per heavy atom. The fraction of sp³-hybridized carbons (Fsp3) is 0.227. The minimum absolute atomic E-state index is 0.0600. The Morgan fingerprint density at radius 2 is 1.62 bits per heavy atom. The quantitative estimate of drug-likeness (QED) is 0.721. The molecule has 1 N–H and O–H groups in total. The zero-order chi connectivity index (χ0) is 20.1. The first-order valence-corrected chi connectivity index (χ1v) is 9.57. The number of benzene rings is 2. The van der Waals surface area contributed by atoms with Gasteiger partial charge in [-0.25, -0.2) is 9.97 Å². The lowest BCUT2D eigenvalue weighted by atomic mass is 10.2. The smallest absolute Gasteiger partial charge is 0.272 e. The number of hydrogen-bond acceptors (Lipinski definition) is 6. The van der Waals surface area contributed by atoms with Crippen molar-refractivity contribution in [2.45, 2.75) is 0 Å². The molecule has 0 spiro atoms. The van der Waals surface area contributed by atoms with Gasteiger partial charge in [-0.15, -0.1) is 0 Å². The summed E-state index contributed by atoms with van der Waals surface area (Å²) in [6, 6.07) is 18.9. The van der Waals surface area contributed by atoms with E-state index >= 15 is 0 Å². The van der Waals surface area contributed by atoms with E-state index in [4.69, 9.17) is 4.74 Å². The number of likely N-dealkylation sites (N-methyl/N-ethyl adjacent to an activating group) is 1. The van der Waals surface area contributed by atoms with Crippen LogP contribution in [-0.2, 0) is 0 Å². The summed E-state index contributed by atoms with van der Waals surface area (Å²) in [5, 5.41) is 3.21. The number of carbonyl (C=O) groups excluding carboxylic acids is 1. The number of nitrogens with one attached hydrogen (secondary N) is 1. The van der Waals surface area contributed by atoms with Gasteiger partial charge >= 0.3 is 0 Å². The van der Waals surface area contributed by atoms with Crippen LogP contribution in [0.2, 0.25) is 0 Å². The minimum Gasteiger partial charge on any atom is -0.457 e. The van der Waals surface area contributed by atoms with Crippen molar-refractivity contribution in [2.75, 3.05) is 38.5 Å². The fourth-order valence-electron chi connectivity index (χ4n) is 3.09. The molecule has 0 radical (unpaired) electrons. The van der Waals surface area contributed by atoms with Crippen LogP contribution in [0.1, 0.15) is 10.5 Å². The Hall–Kier alpha value is -3.45. The zero-order valence-electron chi connectivity index (χ0n) is 16.3. The number of rotatable bonds is 5. The van der Waals surface area contributed by atoms with Crippen LogP contribution in [0.15, 0.2) is 67.0 Å². The van der Waals surface area contributed by atoms with E-state index in [2.05, 4.69) is 27.2 Å². The predicted octanol–water partition coefficient (Wildman–Crippen LogP) is 3.40. The summed E-state index contributed by atoms with van der Waals surface area (Å²) in [4.78, 5) is 25.1. The molecule has 1 fully saturated rings. The van der Waals surface area contributed by atoms with E-state index in [1.165, 1.54) is 6.33 Å². The highest BCUT2D eigenvalue weighted by atomic mass is 16.5. The third-order valence-corrected chi connectivity index (χ3v) is 4.78. The van der Waals surface area contributed by atoms with Gasteiger partial charge in [-0.2, -0.15) is 0 Å². The van der Waals surface area contributed by atoms with Gasteiger partial charge in [0.2, 0.25) is 0 Å². The molecular weight excluding hydrogens is 366 g/mol. The van der Waals surface area contributed by atoms with Crippen LogP contribution in [-0.4, -0.2) is 58.9 Å². The molecule has 7 heteroatoms. The summed E-state index contributed by atoms with van der Waals surface area (Å²) in [6.45, 7) is 3.18. The molecular formula is C22H23N5O2. The molecule has 0 bridgehead atoms. The van der Waals surface area contributed by atoms with Crippen molar-refractivity contribution in [1.29, 1.82) is 0 Å². The molecule has 0 unspecified atom stereocenters. The summed E-state index contributed by atoms with van der Waals surface area (Å²) in [5.74, 6) is 2.05. The molecule has 3 aromatic rings. The van der Waals surface area contributed by atoms with Crippen LogP contribution in [0.25, 0.3) is 0 Å². The third-order valence-electron chi connectivity index (χ3n) is 4.78. The van der Waals surface area contributed by atoms with Gasteiger partial charge in [0.1, 0.15) is 29.3 Å². The van der Waals surface area contributed by atoms with E-state index in [1.807, 2.05) is 59.5 Å². The Bertz CT molecular complexity index is 954. The molecule has 1 aliphatic rings. The number of carbonyl (C=O) groups is 1. The van der Waals surface area contributed by atoms with E-state index in [0.717, 1.165) is 30.3 Å². The Labute approximate surface area is 170 Å². The van der Waals surface area contributed by atoms with Crippen molar-refractivity contribution in [3.8, 4) is 11.5 Å². The highest BCUT2D eigenvalue weighted by Gasteiger charge is 2.21. The summed E-state index contributed by atoms with van der Waals surface area (Å²) < 4.78 is 5.80. The number of anilines is 2. The third kappa shape index (κ3) is 4.89. The lowest BCUT2D eigenvalue weighted by Crippen LogP contribution is -2.47. The molecule has 148 valence electrons. The number of hydrogen-bond donors (Lipinski definition) is 1. The number of aromatic nitrogens is 2. The van der Waals surface area contributed by atoms with Crippen molar-refractivity contribution in [2.24, 2.45) is 0 Å². The molecule has 1 amide bonds. The molecule has 0 atom stereocenters. The monoisotopic (exact) mass is 389 g/mol. The molecule has 29 heavy (non-hydrogen) atoms. The van der Waals surface area contributed by atoms with Crippen molar-refractivity contribution >= 4 is 17.4 Å². The second-order valence-corrected chi connectivity index (χ2v) is 6.95. The Balaban J connectivity index is 1.40. The zero-order valence-corrected chi connectivity index (χ0v) is 16.3. The molecule has 7 nitrogen and oxygen atoms in total. The second-order valence-electron chi connectivity index (χ2n) is 6.95. The molecule has 1 aromatic heterocycles. The lowest BCUT2D eigenvalue weighted by Gasteiger charge is -2.32. The predicted molar refractivity (Wildman–Crippen MR) is 112 cm³/mol. The molecule has 1 saturated heterocycles. The first-order chi connectivity index (χ1) is 14.2. The van der Waals surface area contributed by atoms with Crippen molar-refractivity contribution in [1.82, 2.24) is 19.8 Å². The summed E-state index contributed by atoms with van der Waals surface area (Å²) >= 11 is 0. The normalized spacial score (nSPS) is 14.4. The van der Waals surface area contributed by atoms with Crippen LogP contribution in [0.5, 0.6) is 11.5 Å². The highest BCUT2D eigenvalue weighted by Crippen LogP contribution is 2.24. The second kappa shape index (κ2) is 8.70. The maximum absolute atomic E-state index is 12.7. The molecule has 2 heterocycles. The van der Waals surface area contributed by atoms with E-state index in [1.54, 1.807) is 6.07 Å². The van der Waals surface area contributed by atoms with Crippen molar-refractivity contribution < 1.29 is 9.53 Å². The van der Waals surface area contributed by atoms with Crippen LogP contribution < -0.4 is 10.1 Å². The number of ether oxygens (including phenoxy) is 1. The van der Waals surface area contributed by atoms with Crippen LogP contribution in [0, 0.1) is 0 Å². The molecule has 2 aromatic carbocycles. The maximum atomic E-state index is 12.7. The molecule has 1 aliphatic heterocycles. The number of para-hydroxylation sites is 1. The van der Waals surface area contributed by atoms with Gasteiger partial charge in [-0.3, -0.25) is 4.79 Å². The summed E-state index contributed by atoms with van der Waals surface area (Å²) in [5.41, 5.74) is 1.25. The van der Waals surface area contributed by atoms with E-state index in [-0.39, 0.29) is 5.91 Å². The number of amides is 1. The number of nitrogens with zero attached hydrogens (tertiary/aromatic N) is 4. The van der Waals surface area contributed by atoms with Crippen molar-refractivity contribution in [3.05, 3.63) is 72.7 Å². The molecule has 0 saturated carbocycles. The van der Waals surface area contributed by atoms with Gasteiger partial charge in [-0.1, -0.05) is 18.2 Å². The minimum atomic E-state index is -0.0600. The lowest BCUT2D eigenvalue weighted by molar-refractivity contribution is 0.0658. The van der Waals surface area contributed by atoms with Crippen LogP contribution in [0.3, 0.4) is 0 Å². The van der Waals surface area contributed by atoms with Gasteiger partial charge in [-0.05, 0) is 43.4 Å². The molecule has 4 rings (SSSR count). The Morgan fingerprint density at radius 1 is 0.931 bits per heavy atom. The fourth-order valence-corrected chi connectivity index (χ4v) is 3.09. The maximum Gasteiger partial charge on any atom is 0.272 e. The molecule has 0 aliphatic carbocycles. The highest BCUT2D eigenvalue weighted by molar-refractivity contribution is 5.93. The van der Waals surface area contributed by atoms with Gasteiger partial charge in [0.15, 0.2) is 0 Å². The van der Waals surface area contributed by atoms with Gasteiger partial charge in [0.25, 0.3) is 5.91 Å². The van der Waals surface area contributed by atoms with Gasteiger partial charge < -0.3 is 19.9 Å². The standard InChI is InChI=1S/C22H23N5O2/c1-26-11-13-27(14-12-26)22(28)20-15-21(24-16-23-20)25-17-7-9-19(10-8-17)29-18-5-3-2-4-6-18/h2-10,15-16H,11-14H2,1H3,(H,23,24,25). The average Bonchev–Trinajstić information content (AvgIpc) is 2.76. The van der Waals surface area contributed by atoms with E-state index in [0.29, 0.717) is 24.6 Å². The largest absolute Gasteiger partial charge is 0.457 e. The van der Waals surface area contributed by atoms with Crippen molar-refractivity contribution in [3.63, 3.8) is 0 Å². The topological polar surface area (TPSA) is 70.6 Å². The first-order valence-electron chi connectivity index (χ1n) is 9.57. The van der Waals surface area contributed by atoms with Gasteiger partial charge in [0.05, 0.1) is 0 Å². The van der Waals surface area contributed by atoms with Crippen LogP contribution >= 0.6 is 0 Å². The van der Waals surface area contributed by atoms with E-state index < -0.39 is 0 Å². The average molecular weight is 389 g/mol. The van der Waals surface area contributed by atoms with Gasteiger partial charge in [0, 0.05) is 37.9 Å². The SMILES string of the molecule is CN1CCN(C(=O)c2cc(Nc3ccc(Oc4ccccc4)cc3)ncn2)CC1. The first kappa shape index (κ1) is 18.9. The summed E-state index contributed by atoms with van der Waals surface area (Å²) in [7, 11) is 2.06. The number of piperazine rings is 1. The van der Waals surface area contributed by atoms with E-state index in [9.17, 15) is 4.79 Å².